The summed E-state index contributed by atoms with van der Waals surface area (Å²) in [7, 11) is 0. The molecule has 2 heteroatoms. The van der Waals surface area contributed by atoms with Gasteiger partial charge in [0.15, 0.2) is 0 Å². The van der Waals surface area contributed by atoms with E-state index in [1.165, 1.54) is 35.6 Å². The SMILES string of the molecule is CCCC/C=C/c1ccc(CCc2ccc(C#Cc3ccc(Cl)cc3F)cc2)cc1. The molecule has 0 nitrogen and oxygen atoms in total. The standard InChI is InChI=1S/C28H26ClF/c1-2-3-4-5-6-22-7-9-23(10-8-22)11-12-24-13-15-25(16-14-24)17-18-26-19-20-27(29)21-28(26)30/h5-10,13-16,19-21H,2-4,11-12H2,1H3/b6-5+. The van der Waals surface area contributed by atoms with Crippen molar-refractivity contribution in [1.82, 2.24) is 0 Å². The van der Waals surface area contributed by atoms with Crippen LogP contribution in [0.5, 0.6) is 0 Å². The normalized spacial score (nSPS) is 10.8. The Morgan fingerprint density at radius 2 is 1.53 bits per heavy atom. The molecular weight excluding hydrogens is 391 g/mol. The number of hydrogen-bond acceptors (Lipinski definition) is 0. The van der Waals surface area contributed by atoms with E-state index in [0.29, 0.717) is 10.6 Å². The van der Waals surface area contributed by atoms with Crippen molar-refractivity contribution < 1.29 is 4.39 Å². The maximum absolute atomic E-state index is 13.8. The van der Waals surface area contributed by atoms with Gasteiger partial charge in [0.25, 0.3) is 0 Å². The minimum atomic E-state index is -0.394. The predicted octanol–water partition coefficient (Wildman–Crippen LogP) is 7.87. The zero-order chi connectivity index (χ0) is 21.2. The second kappa shape index (κ2) is 11.4. The van der Waals surface area contributed by atoms with E-state index in [-0.39, 0.29) is 0 Å². The number of aryl methyl sites for hydroxylation is 2. The van der Waals surface area contributed by atoms with E-state index in [1.807, 2.05) is 12.1 Å². The molecule has 0 amide bonds. The number of allylic oxidation sites excluding steroid dienone is 1. The number of halogens is 2. The van der Waals surface area contributed by atoms with Crippen LogP contribution in [0.1, 0.15) is 54.0 Å². The van der Waals surface area contributed by atoms with Crippen molar-refractivity contribution in [2.75, 3.05) is 0 Å². The molecule has 152 valence electrons. The van der Waals surface area contributed by atoms with Gasteiger partial charge in [0.1, 0.15) is 5.82 Å². The fraction of sp³-hybridized carbons (Fsp3) is 0.214. The Balaban J connectivity index is 1.54. The summed E-state index contributed by atoms with van der Waals surface area (Å²) in [5.41, 5.74) is 5.08. The van der Waals surface area contributed by atoms with Gasteiger partial charge in [-0.25, -0.2) is 4.39 Å². The second-order valence-corrected chi connectivity index (χ2v) is 7.79. The first-order valence-electron chi connectivity index (χ1n) is 10.5. The average molecular weight is 417 g/mol. The van der Waals surface area contributed by atoms with Crippen molar-refractivity contribution in [2.45, 2.75) is 39.0 Å². The van der Waals surface area contributed by atoms with Crippen molar-refractivity contribution in [3.63, 3.8) is 0 Å². The minimum Gasteiger partial charge on any atom is -0.206 e. The van der Waals surface area contributed by atoms with Crippen LogP contribution in [0.25, 0.3) is 6.08 Å². The fourth-order valence-electron chi connectivity index (χ4n) is 3.11. The lowest BCUT2D eigenvalue weighted by atomic mass is 10.0. The highest BCUT2D eigenvalue weighted by atomic mass is 35.5. The third kappa shape index (κ3) is 6.90. The molecule has 0 aromatic heterocycles. The fourth-order valence-corrected chi connectivity index (χ4v) is 3.27. The molecule has 0 N–H and O–H groups in total. The highest BCUT2D eigenvalue weighted by Crippen LogP contribution is 2.14. The van der Waals surface area contributed by atoms with Gasteiger partial charge >= 0.3 is 0 Å². The van der Waals surface area contributed by atoms with Crippen LogP contribution in [0.3, 0.4) is 0 Å². The summed E-state index contributed by atoms with van der Waals surface area (Å²) in [6.45, 7) is 2.21. The van der Waals surface area contributed by atoms with Crippen molar-refractivity contribution in [1.29, 1.82) is 0 Å². The van der Waals surface area contributed by atoms with E-state index in [1.54, 1.807) is 12.1 Å². The van der Waals surface area contributed by atoms with E-state index >= 15 is 0 Å². The molecule has 0 spiro atoms. The molecule has 3 aromatic carbocycles. The molecule has 30 heavy (non-hydrogen) atoms. The van der Waals surface area contributed by atoms with Crippen molar-refractivity contribution >= 4 is 17.7 Å². The molecule has 0 heterocycles. The molecule has 0 unspecified atom stereocenters. The third-order valence-electron chi connectivity index (χ3n) is 4.94. The van der Waals surface area contributed by atoms with Crippen LogP contribution in [0.4, 0.5) is 4.39 Å². The summed E-state index contributed by atoms with van der Waals surface area (Å²) < 4.78 is 13.8. The van der Waals surface area contributed by atoms with Gasteiger partial charge in [0, 0.05) is 10.6 Å². The smallest absolute Gasteiger partial charge is 0.140 e. The van der Waals surface area contributed by atoms with Crippen molar-refractivity contribution in [3.8, 4) is 11.8 Å². The summed E-state index contributed by atoms with van der Waals surface area (Å²) in [5, 5.41) is 0.375. The molecule has 0 aliphatic carbocycles. The Morgan fingerprint density at radius 1 is 0.867 bits per heavy atom. The quantitative estimate of drug-likeness (QED) is 0.271. The maximum Gasteiger partial charge on any atom is 0.140 e. The first-order chi connectivity index (χ1) is 14.6. The Kier molecular flexibility index (Phi) is 8.30. The maximum atomic E-state index is 13.8. The number of rotatable bonds is 7. The van der Waals surface area contributed by atoms with E-state index in [4.69, 9.17) is 11.6 Å². The van der Waals surface area contributed by atoms with Gasteiger partial charge in [0.2, 0.25) is 0 Å². The van der Waals surface area contributed by atoms with Crippen LogP contribution >= 0.6 is 11.6 Å². The number of unbranched alkanes of at least 4 members (excludes halogenated alkanes) is 2. The molecule has 0 saturated heterocycles. The molecule has 0 atom stereocenters. The monoisotopic (exact) mass is 416 g/mol. The van der Waals surface area contributed by atoms with Gasteiger partial charge in [0.05, 0.1) is 5.56 Å². The molecule has 0 aliphatic heterocycles. The summed E-state index contributed by atoms with van der Waals surface area (Å²) in [6.07, 6.45) is 10.1. The Labute approximate surface area is 184 Å². The van der Waals surface area contributed by atoms with Gasteiger partial charge in [-0.15, -0.1) is 0 Å². The van der Waals surface area contributed by atoms with Crippen LogP contribution < -0.4 is 0 Å². The van der Waals surface area contributed by atoms with Gasteiger partial charge in [-0.2, -0.15) is 0 Å². The third-order valence-corrected chi connectivity index (χ3v) is 5.18. The van der Waals surface area contributed by atoms with Crippen LogP contribution in [0, 0.1) is 17.7 Å². The average Bonchev–Trinajstić information content (AvgIpc) is 2.76. The molecular formula is C28H26ClF. The highest BCUT2D eigenvalue weighted by molar-refractivity contribution is 6.30. The lowest BCUT2D eigenvalue weighted by Crippen LogP contribution is -1.91. The largest absolute Gasteiger partial charge is 0.206 e. The molecule has 0 bridgehead atoms. The van der Waals surface area contributed by atoms with Crippen LogP contribution in [-0.2, 0) is 12.8 Å². The Morgan fingerprint density at radius 3 is 2.17 bits per heavy atom. The van der Waals surface area contributed by atoms with Crippen LogP contribution in [0.2, 0.25) is 5.02 Å². The molecule has 0 radical (unpaired) electrons. The molecule has 3 aromatic rings. The van der Waals surface area contributed by atoms with E-state index < -0.39 is 5.82 Å². The summed E-state index contributed by atoms with van der Waals surface area (Å²) in [4.78, 5) is 0. The molecule has 0 aliphatic rings. The Hall–Kier alpha value is -2.82. The zero-order valence-electron chi connectivity index (χ0n) is 17.3. The van der Waals surface area contributed by atoms with E-state index in [2.05, 4.69) is 67.3 Å². The zero-order valence-corrected chi connectivity index (χ0v) is 18.1. The molecule has 3 rings (SSSR count). The topological polar surface area (TPSA) is 0 Å². The highest BCUT2D eigenvalue weighted by Gasteiger charge is 2.00. The lowest BCUT2D eigenvalue weighted by Gasteiger charge is -2.03. The van der Waals surface area contributed by atoms with E-state index in [9.17, 15) is 4.39 Å². The minimum absolute atomic E-state index is 0.354. The van der Waals surface area contributed by atoms with E-state index in [0.717, 1.165) is 24.8 Å². The summed E-state index contributed by atoms with van der Waals surface area (Å²) in [5.74, 6) is 5.49. The molecule has 0 fully saturated rings. The summed E-state index contributed by atoms with van der Waals surface area (Å²) in [6, 6.07) is 21.5. The van der Waals surface area contributed by atoms with Gasteiger partial charge in [-0.1, -0.05) is 91.8 Å². The van der Waals surface area contributed by atoms with Crippen LogP contribution in [0.15, 0.2) is 72.8 Å². The lowest BCUT2D eigenvalue weighted by molar-refractivity contribution is 0.624. The van der Waals surface area contributed by atoms with Crippen molar-refractivity contribution in [3.05, 3.63) is 111 Å². The van der Waals surface area contributed by atoms with Crippen LogP contribution in [-0.4, -0.2) is 0 Å². The summed E-state index contributed by atoms with van der Waals surface area (Å²) >= 11 is 5.77. The molecule has 0 saturated carbocycles. The van der Waals surface area contributed by atoms with Gasteiger partial charge in [-0.3, -0.25) is 0 Å². The van der Waals surface area contributed by atoms with Gasteiger partial charge in [-0.05, 0) is 66.3 Å². The first-order valence-corrected chi connectivity index (χ1v) is 10.8. The first kappa shape index (κ1) is 21.9. The van der Waals surface area contributed by atoms with Crippen molar-refractivity contribution in [2.24, 2.45) is 0 Å². The van der Waals surface area contributed by atoms with Gasteiger partial charge < -0.3 is 0 Å². The Bertz CT molecular complexity index is 1030. The predicted molar refractivity (Wildman–Crippen MR) is 126 cm³/mol. The number of hydrogen-bond donors (Lipinski definition) is 0. The second-order valence-electron chi connectivity index (χ2n) is 7.36. The number of benzene rings is 3.